The molecule has 1 heterocycles. The van der Waals surface area contributed by atoms with E-state index in [9.17, 15) is 13.2 Å². The number of carbonyl (C=O) groups is 1. The highest BCUT2D eigenvalue weighted by Gasteiger charge is 2.19. The number of thiazole rings is 1. The molecule has 0 aliphatic heterocycles. The van der Waals surface area contributed by atoms with Crippen molar-refractivity contribution in [1.82, 2.24) is 4.57 Å². The minimum Gasteiger partial charge on any atom is -0.495 e. The van der Waals surface area contributed by atoms with Crippen LogP contribution in [0.3, 0.4) is 0 Å². The van der Waals surface area contributed by atoms with Crippen LogP contribution in [0.15, 0.2) is 46.3 Å². The molecule has 8 heteroatoms. The number of hydrogen-bond acceptors (Lipinski definition) is 5. The normalized spacial score (nSPS) is 12.5. The summed E-state index contributed by atoms with van der Waals surface area (Å²) >= 11 is 1.39. The van der Waals surface area contributed by atoms with E-state index in [0.29, 0.717) is 17.1 Å². The van der Waals surface area contributed by atoms with Gasteiger partial charge in [0.2, 0.25) is 0 Å². The number of benzene rings is 2. The van der Waals surface area contributed by atoms with Gasteiger partial charge in [-0.25, -0.2) is 8.42 Å². The smallest absolute Gasteiger partial charge is 0.280 e. The number of aromatic nitrogens is 1. The zero-order valence-electron chi connectivity index (χ0n) is 15.5. The Labute approximate surface area is 161 Å². The molecule has 0 aliphatic rings. The van der Waals surface area contributed by atoms with Crippen LogP contribution in [0.1, 0.15) is 22.8 Å². The van der Waals surface area contributed by atoms with Crippen molar-refractivity contribution in [1.29, 1.82) is 0 Å². The lowest BCUT2D eigenvalue weighted by Crippen LogP contribution is -2.17. The third kappa shape index (κ3) is 3.54. The summed E-state index contributed by atoms with van der Waals surface area (Å²) in [5.41, 5.74) is 2.01. The first-order valence-electron chi connectivity index (χ1n) is 8.33. The molecule has 142 valence electrons. The standard InChI is InChI=1S/C19H20N2O4S2/c1-5-21-16-14(25-3)11-10-12(2)17(16)26-19(21)20-18(22)13-8-6-7-9-15(13)27(4,23)24/h6-11H,5H2,1-4H3. The van der Waals surface area contributed by atoms with Crippen LogP contribution in [0.25, 0.3) is 10.2 Å². The Morgan fingerprint density at radius 1 is 1.22 bits per heavy atom. The fourth-order valence-corrected chi connectivity index (χ4v) is 4.99. The van der Waals surface area contributed by atoms with Gasteiger partial charge >= 0.3 is 0 Å². The van der Waals surface area contributed by atoms with Crippen molar-refractivity contribution in [2.24, 2.45) is 4.99 Å². The molecule has 0 atom stereocenters. The van der Waals surface area contributed by atoms with Gasteiger partial charge in [0.15, 0.2) is 14.6 Å². The van der Waals surface area contributed by atoms with E-state index in [4.69, 9.17) is 4.74 Å². The van der Waals surface area contributed by atoms with Gasteiger partial charge in [0, 0.05) is 12.8 Å². The molecule has 0 N–H and O–H groups in total. The maximum atomic E-state index is 12.8. The van der Waals surface area contributed by atoms with Crippen molar-refractivity contribution in [3.63, 3.8) is 0 Å². The molecule has 0 saturated carbocycles. The lowest BCUT2D eigenvalue weighted by atomic mass is 10.2. The maximum Gasteiger partial charge on any atom is 0.280 e. The largest absolute Gasteiger partial charge is 0.495 e. The van der Waals surface area contributed by atoms with Crippen LogP contribution >= 0.6 is 11.3 Å². The summed E-state index contributed by atoms with van der Waals surface area (Å²) in [6, 6.07) is 9.97. The molecule has 0 saturated heterocycles. The number of nitrogens with zero attached hydrogens (tertiary/aromatic N) is 2. The molecule has 0 spiro atoms. The van der Waals surface area contributed by atoms with Gasteiger partial charge in [-0.2, -0.15) is 4.99 Å². The second-order valence-corrected chi connectivity index (χ2v) is 9.04. The second kappa shape index (κ2) is 7.28. The summed E-state index contributed by atoms with van der Waals surface area (Å²) < 4.78 is 32.3. The molecule has 3 rings (SSSR count). The van der Waals surface area contributed by atoms with Gasteiger partial charge in [-0.1, -0.05) is 29.5 Å². The number of fused-ring (bicyclic) bond motifs is 1. The fraction of sp³-hybridized carbons (Fsp3) is 0.263. The lowest BCUT2D eigenvalue weighted by molar-refractivity contribution is 0.0994. The van der Waals surface area contributed by atoms with Crippen molar-refractivity contribution in [3.8, 4) is 5.75 Å². The summed E-state index contributed by atoms with van der Waals surface area (Å²) in [6.07, 6.45) is 1.08. The van der Waals surface area contributed by atoms with E-state index in [2.05, 4.69) is 4.99 Å². The number of methoxy groups -OCH3 is 1. The quantitative estimate of drug-likeness (QED) is 0.669. The van der Waals surface area contributed by atoms with Gasteiger partial charge in [0.1, 0.15) is 11.3 Å². The summed E-state index contributed by atoms with van der Waals surface area (Å²) in [7, 11) is -1.93. The summed E-state index contributed by atoms with van der Waals surface area (Å²) in [5, 5.41) is 0. The van der Waals surface area contributed by atoms with Crippen molar-refractivity contribution in [2.75, 3.05) is 13.4 Å². The third-order valence-electron chi connectivity index (χ3n) is 4.24. The topological polar surface area (TPSA) is 77.7 Å². The first-order chi connectivity index (χ1) is 12.8. The number of sulfone groups is 1. The molecule has 0 fully saturated rings. The SMILES string of the molecule is CCn1c(=NC(=O)c2ccccc2S(C)(=O)=O)sc2c(C)ccc(OC)c21. The Kier molecular flexibility index (Phi) is 5.21. The molecular formula is C19H20N2O4S2. The molecule has 27 heavy (non-hydrogen) atoms. The van der Waals surface area contributed by atoms with Gasteiger partial charge in [-0.3, -0.25) is 4.79 Å². The van der Waals surface area contributed by atoms with E-state index in [1.54, 1.807) is 19.2 Å². The van der Waals surface area contributed by atoms with Crippen molar-refractivity contribution >= 4 is 37.3 Å². The number of rotatable bonds is 4. The first kappa shape index (κ1) is 19.3. The average Bonchev–Trinajstić information content (AvgIpc) is 3.00. The van der Waals surface area contributed by atoms with E-state index in [1.807, 2.05) is 30.5 Å². The van der Waals surface area contributed by atoms with E-state index in [-0.39, 0.29) is 10.5 Å². The number of amides is 1. The van der Waals surface area contributed by atoms with Crippen molar-refractivity contribution in [3.05, 3.63) is 52.3 Å². The molecular weight excluding hydrogens is 384 g/mol. The summed E-state index contributed by atoms with van der Waals surface area (Å²) in [6.45, 7) is 4.55. The van der Waals surface area contributed by atoms with Crippen LogP contribution in [0.5, 0.6) is 5.75 Å². The number of carbonyl (C=O) groups excluding carboxylic acids is 1. The van der Waals surface area contributed by atoms with E-state index in [1.165, 1.54) is 23.5 Å². The average molecular weight is 405 g/mol. The summed E-state index contributed by atoms with van der Waals surface area (Å²) in [4.78, 5) is 17.5. The Balaban J connectivity index is 2.27. The van der Waals surface area contributed by atoms with Crippen molar-refractivity contribution in [2.45, 2.75) is 25.3 Å². The number of ether oxygens (including phenoxy) is 1. The molecule has 1 amide bonds. The predicted octanol–water partition coefficient (Wildman–Crippen LogP) is 3.18. The molecule has 1 aromatic heterocycles. The zero-order valence-corrected chi connectivity index (χ0v) is 17.1. The van der Waals surface area contributed by atoms with Crippen LogP contribution < -0.4 is 9.54 Å². The number of aryl methyl sites for hydroxylation is 2. The molecule has 0 aliphatic carbocycles. The van der Waals surface area contributed by atoms with Gasteiger partial charge in [-0.15, -0.1) is 0 Å². The molecule has 2 aromatic carbocycles. The second-order valence-electron chi connectivity index (χ2n) is 6.08. The van der Waals surface area contributed by atoms with Gasteiger partial charge < -0.3 is 9.30 Å². The Bertz CT molecular complexity index is 1200. The van der Waals surface area contributed by atoms with Gasteiger partial charge in [0.05, 0.1) is 22.3 Å². The minimum atomic E-state index is -3.53. The van der Waals surface area contributed by atoms with E-state index < -0.39 is 15.7 Å². The predicted molar refractivity (Wildman–Crippen MR) is 106 cm³/mol. The first-order valence-corrected chi connectivity index (χ1v) is 11.0. The maximum absolute atomic E-state index is 12.8. The molecule has 0 radical (unpaired) electrons. The van der Waals surface area contributed by atoms with Crippen molar-refractivity contribution < 1.29 is 17.9 Å². The monoisotopic (exact) mass is 404 g/mol. The Hall–Kier alpha value is -2.45. The molecule has 0 unspecified atom stereocenters. The van der Waals surface area contributed by atoms with Gasteiger partial charge in [-0.05, 0) is 37.6 Å². The van der Waals surface area contributed by atoms with E-state index in [0.717, 1.165) is 22.0 Å². The number of hydrogen-bond donors (Lipinski definition) is 0. The molecule has 6 nitrogen and oxygen atoms in total. The lowest BCUT2D eigenvalue weighted by Gasteiger charge is -2.07. The molecule has 0 bridgehead atoms. The highest BCUT2D eigenvalue weighted by Crippen LogP contribution is 2.30. The highest BCUT2D eigenvalue weighted by atomic mass is 32.2. The van der Waals surface area contributed by atoms with Crippen LogP contribution in [0.2, 0.25) is 0 Å². The van der Waals surface area contributed by atoms with Crippen LogP contribution in [0.4, 0.5) is 0 Å². The summed E-state index contributed by atoms with van der Waals surface area (Å²) in [5.74, 6) is 0.125. The van der Waals surface area contributed by atoms with E-state index >= 15 is 0 Å². The Morgan fingerprint density at radius 3 is 2.56 bits per heavy atom. The highest BCUT2D eigenvalue weighted by molar-refractivity contribution is 7.90. The Morgan fingerprint density at radius 2 is 1.93 bits per heavy atom. The third-order valence-corrected chi connectivity index (χ3v) is 6.60. The van der Waals surface area contributed by atoms with Gasteiger partial charge in [0.25, 0.3) is 5.91 Å². The van der Waals surface area contributed by atoms with Crippen LogP contribution in [0, 0.1) is 6.92 Å². The van der Waals surface area contributed by atoms with Crippen LogP contribution in [-0.2, 0) is 16.4 Å². The fourth-order valence-electron chi connectivity index (χ4n) is 2.94. The minimum absolute atomic E-state index is 0.0170. The van der Waals surface area contributed by atoms with Crippen LogP contribution in [-0.4, -0.2) is 32.3 Å². The molecule has 3 aromatic rings. The zero-order chi connectivity index (χ0) is 19.8.